The van der Waals surface area contributed by atoms with Gasteiger partial charge < -0.3 is 19.8 Å². The summed E-state index contributed by atoms with van der Waals surface area (Å²) in [6, 6.07) is 4.06. The summed E-state index contributed by atoms with van der Waals surface area (Å²) in [6.07, 6.45) is 0.282. The van der Waals surface area contributed by atoms with Crippen LogP contribution in [0.15, 0.2) is 23.1 Å². The normalized spacial score (nSPS) is 15.6. The predicted molar refractivity (Wildman–Crippen MR) is 83.3 cm³/mol. The quantitative estimate of drug-likeness (QED) is 0.591. The van der Waals surface area contributed by atoms with Gasteiger partial charge in [0.2, 0.25) is 10.0 Å². The standard InChI is InChI=1S/C14H20N2O6S/c17-7-1-4-15-23(20,21)13-10-11(14(18)19)2-3-12(13)16-5-8-22-9-6-16/h2-3,10,15,17H,1,4-9H2,(H,18,19). The molecule has 0 unspecified atom stereocenters. The number of carbonyl (C=O) groups is 1. The van der Waals surface area contributed by atoms with Gasteiger partial charge in [-0.2, -0.15) is 0 Å². The highest BCUT2D eigenvalue weighted by Gasteiger charge is 2.24. The van der Waals surface area contributed by atoms with Gasteiger partial charge in [-0.25, -0.2) is 17.9 Å². The predicted octanol–water partition coefficient (Wildman–Crippen LogP) is -0.118. The molecule has 0 amide bonds. The third kappa shape index (κ3) is 4.41. The lowest BCUT2D eigenvalue weighted by Crippen LogP contribution is -2.38. The van der Waals surface area contributed by atoms with E-state index in [4.69, 9.17) is 14.9 Å². The average Bonchev–Trinajstić information content (AvgIpc) is 2.55. The molecule has 1 aliphatic heterocycles. The molecule has 1 heterocycles. The molecule has 0 radical (unpaired) electrons. The molecule has 1 fully saturated rings. The Labute approximate surface area is 134 Å². The fourth-order valence-electron chi connectivity index (χ4n) is 2.29. The lowest BCUT2D eigenvalue weighted by molar-refractivity contribution is 0.0696. The zero-order chi connectivity index (χ0) is 16.9. The molecule has 0 saturated carbocycles. The zero-order valence-corrected chi connectivity index (χ0v) is 13.4. The second kappa shape index (κ2) is 7.73. The lowest BCUT2D eigenvalue weighted by Gasteiger charge is -2.30. The highest BCUT2D eigenvalue weighted by atomic mass is 32.2. The van der Waals surface area contributed by atoms with E-state index in [0.717, 1.165) is 6.07 Å². The SMILES string of the molecule is O=C(O)c1ccc(N2CCOCC2)c(S(=O)(=O)NCCCO)c1. The van der Waals surface area contributed by atoms with E-state index in [1.54, 1.807) is 0 Å². The number of nitrogens with zero attached hydrogens (tertiary/aromatic N) is 1. The first kappa shape index (κ1) is 17.7. The van der Waals surface area contributed by atoms with E-state index in [9.17, 15) is 13.2 Å². The molecule has 0 bridgehead atoms. The molecular weight excluding hydrogens is 324 g/mol. The van der Waals surface area contributed by atoms with Gasteiger partial charge in [0.05, 0.1) is 24.5 Å². The summed E-state index contributed by atoms with van der Waals surface area (Å²) in [5.41, 5.74) is 0.361. The first-order valence-corrected chi connectivity index (χ1v) is 8.74. The van der Waals surface area contributed by atoms with Crippen molar-refractivity contribution in [3.05, 3.63) is 23.8 Å². The first-order valence-electron chi connectivity index (χ1n) is 7.26. The van der Waals surface area contributed by atoms with Crippen LogP contribution < -0.4 is 9.62 Å². The van der Waals surface area contributed by atoms with Crippen molar-refractivity contribution in [1.29, 1.82) is 0 Å². The maximum atomic E-state index is 12.5. The smallest absolute Gasteiger partial charge is 0.335 e. The number of hydrogen-bond acceptors (Lipinski definition) is 6. The highest BCUT2D eigenvalue weighted by Crippen LogP contribution is 2.27. The number of rotatable bonds is 7. The fourth-order valence-corrected chi connectivity index (χ4v) is 3.61. The number of nitrogens with one attached hydrogen (secondary N) is 1. The van der Waals surface area contributed by atoms with Gasteiger partial charge in [-0.3, -0.25) is 0 Å². The van der Waals surface area contributed by atoms with E-state index in [1.807, 2.05) is 4.90 Å². The molecule has 8 nitrogen and oxygen atoms in total. The van der Waals surface area contributed by atoms with Crippen LogP contribution in [0.4, 0.5) is 5.69 Å². The van der Waals surface area contributed by atoms with E-state index in [1.165, 1.54) is 12.1 Å². The van der Waals surface area contributed by atoms with Crippen LogP contribution in [0.2, 0.25) is 0 Å². The van der Waals surface area contributed by atoms with Crippen molar-refractivity contribution in [3.63, 3.8) is 0 Å². The van der Waals surface area contributed by atoms with Crippen LogP contribution in [0.1, 0.15) is 16.8 Å². The Balaban J connectivity index is 2.39. The molecule has 9 heteroatoms. The van der Waals surface area contributed by atoms with Gasteiger partial charge >= 0.3 is 5.97 Å². The van der Waals surface area contributed by atoms with Crippen molar-refractivity contribution in [1.82, 2.24) is 4.72 Å². The largest absolute Gasteiger partial charge is 0.478 e. The average molecular weight is 344 g/mol. The Morgan fingerprint density at radius 2 is 2.00 bits per heavy atom. The summed E-state index contributed by atoms with van der Waals surface area (Å²) in [5.74, 6) is -1.19. The number of aromatic carboxylic acids is 1. The van der Waals surface area contributed by atoms with E-state index in [-0.39, 0.29) is 30.0 Å². The van der Waals surface area contributed by atoms with Crippen molar-refractivity contribution >= 4 is 21.7 Å². The van der Waals surface area contributed by atoms with Gasteiger partial charge in [0, 0.05) is 26.2 Å². The van der Waals surface area contributed by atoms with Crippen LogP contribution in [0.5, 0.6) is 0 Å². The topological polar surface area (TPSA) is 116 Å². The number of aliphatic hydroxyl groups is 1. The number of benzene rings is 1. The Bertz CT molecular complexity index is 655. The van der Waals surface area contributed by atoms with E-state index < -0.39 is 16.0 Å². The summed E-state index contributed by atoms with van der Waals surface area (Å²) in [5, 5.41) is 17.9. The molecule has 1 aliphatic rings. The Kier molecular flexibility index (Phi) is 5.94. The van der Waals surface area contributed by atoms with Gasteiger partial charge in [-0.15, -0.1) is 0 Å². The second-order valence-electron chi connectivity index (χ2n) is 5.06. The van der Waals surface area contributed by atoms with E-state index in [2.05, 4.69) is 4.72 Å². The minimum Gasteiger partial charge on any atom is -0.478 e. The van der Waals surface area contributed by atoms with E-state index in [0.29, 0.717) is 32.0 Å². The third-order valence-electron chi connectivity index (χ3n) is 3.48. The van der Waals surface area contributed by atoms with Crippen LogP contribution in [0.3, 0.4) is 0 Å². The van der Waals surface area contributed by atoms with Crippen LogP contribution in [0.25, 0.3) is 0 Å². The molecule has 1 saturated heterocycles. The van der Waals surface area contributed by atoms with Crippen LogP contribution in [-0.2, 0) is 14.8 Å². The summed E-state index contributed by atoms with van der Waals surface area (Å²) in [7, 11) is -3.88. The summed E-state index contributed by atoms with van der Waals surface area (Å²) in [6.45, 7) is 1.99. The molecule has 1 aromatic carbocycles. The van der Waals surface area contributed by atoms with Crippen LogP contribution in [0, 0.1) is 0 Å². The van der Waals surface area contributed by atoms with Gasteiger partial charge in [0.1, 0.15) is 4.90 Å². The first-order chi connectivity index (χ1) is 11.0. The summed E-state index contributed by atoms with van der Waals surface area (Å²) in [4.78, 5) is 12.9. The molecule has 0 aliphatic carbocycles. The van der Waals surface area contributed by atoms with Crippen molar-refractivity contribution in [2.75, 3.05) is 44.4 Å². The van der Waals surface area contributed by atoms with Crippen molar-refractivity contribution < 1.29 is 28.2 Å². The molecule has 128 valence electrons. The van der Waals surface area contributed by atoms with Crippen molar-refractivity contribution in [3.8, 4) is 0 Å². The highest BCUT2D eigenvalue weighted by molar-refractivity contribution is 7.89. The van der Waals surface area contributed by atoms with Crippen molar-refractivity contribution in [2.45, 2.75) is 11.3 Å². The monoisotopic (exact) mass is 344 g/mol. The van der Waals surface area contributed by atoms with Crippen LogP contribution >= 0.6 is 0 Å². The molecule has 0 atom stereocenters. The van der Waals surface area contributed by atoms with Crippen molar-refractivity contribution in [2.24, 2.45) is 0 Å². The minimum atomic E-state index is -3.88. The van der Waals surface area contributed by atoms with Gasteiger partial charge in [0.25, 0.3) is 0 Å². The molecule has 3 N–H and O–H groups in total. The molecule has 1 aromatic rings. The van der Waals surface area contributed by atoms with E-state index >= 15 is 0 Å². The van der Waals surface area contributed by atoms with Crippen LogP contribution in [-0.4, -0.2) is 64.1 Å². The summed E-state index contributed by atoms with van der Waals surface area (Å²) < 4.78 is 32.6. The molecule has 23 heavy (non-hydrogen) atoms. The number of anilines is 1. The second-order valence-corrected chi connectivity index (χ2v) is 6.80. The maximum Gasteiger partial charge on any atom is 0.335 e. The molecule has 0 spiro atoms. The number of aliphatic hydroxyl groups excluding tert-OH is 1. The Morgan fingerprint density at radius 1 is 1.30 bits per heavy atom. The number of ether oxygens (including phenoxy) is 1. The summed E-state index contributed by atoms with van der Waals surface area (Å²) >= 11 is 0. The van der Waals surface area contributed by atoms with Gasteiger partial charge in [0.15, 0.2) is 0 Å². The fraction of sp³-hybridized carbons (Fsp3) is 0.500. The Hall–Kier alpha value is -1.68. The maximum absolute atomic E-state index is 12.5. The molecular formula is C14H20N2O6S. The number of sulfonamides is 1. The zero-order valence-electron chi connectivity index (χ0n) is 12.6. The van der Waals surface area contributed by atoms with Gasteiger partial charge in [-0.1, -0.05) is 0 Å². The lowest BCUT2D eigenvalue weighted by atomic mass is 10.2. The van der Waals surface area contributed by atoms with Gasteiger partial charge in [-0.05, 0) is 24.6 Å². The number of carboxylic acid groups (broad SMARTS) is 1. The number of carboxylic acids is 1. The molecule has 0 aromatic heterocycles. The Morgan fingerprint density at radius 3 is 2.61 bits per heavy atom. The molecule has 2 rings (SSSR count). The number of hydrogen-bond donors (Lipinski definition) is 3. The number of morpholine rings is 1. The third-order valence-corrected chi connectivity index (χ3v) is 4.97. The minimum absolute atomic E-state index is 0.0720.